The smallest absolute Gasteiger partial charge is 0.169 e. The lowest BCUT2D eigenvalue weighted by atomic mass is 9.87. The molecule has 1 N–H and O–H groups in total. The van der Waals surface area contributed by atoms with Crippen LogP contribution in [0.1, 0.15) is 41.3 Å². The summed E-state index contributed by atoms with van der Waals surface area (Å²) in [6.45, 7) is 5.34. The van der Waals surface area contributed by atoms with Gasteiger partial charge in [0.25, 0.3) is 0 Å². The van der Waals surface area contributed by atoms with Gasteiger partial charge < -0.3 is 10.0 Å². The Morgan fingerprint density at radius 2 is 1.83 bits per heavy atom. The number of rotatable bonds is 3. The van der Waals surface area contributed by atoms with E-state index in [1.54, 1.807) is 0 Å². The van der Waals surface area contributed by atoms with E-state index in [0.29, 0.717) is 11.4 Å². The highest BCUT2D eigenvalue weighted by atomic mass is 16.3. The summed E-state index contributed by atoms with van der Waals surface area (Å²) in [7, 11) is 0. The van der Waals surface area contributed by atoms with Gasteiger partial charge in [0.1, 0.15) is 11.6 Å². The van der Waals surface area contributed by atoms with Crippen molar-refractivity contribution in [2.24, 2.45) is 5.92 Å². The first kappa shape index (κ1) is 16.4. The van der Waals surface area contributed by atoms with Gasteiger partial charge in [0.05, 0.1) is 11.8 Å². The van der Waals surface area contributed by atoms with E-state index < -0.39 is 6.10 Å². The predicted octanol–water partition coefficient (Wildman–Crippen LogP) is 2.92. The van der Waals surface area contributed by atoms with Gasteiger partial charge in [-0.25, -0.2) is 0 Å². The van der Waals surface area contributed by atoms with Crippen LogP contribution in [-0.2, 0) is 0 Å². The fourth-order valence-corrected chi connectivity index (χ4v) is 3.30. The second-order valence-corrected chi connectivity index (χ2v) is 6.40. The molecule has 1 aliphatic heterocycles. The van der Waals surface area contributed by atoms with E-state index in [-0.39, 0.29) is 5.92 Å². The molecule has 5 heteroatoms. The van der Waals surface area contributed by atoms with Gasteiger partial charge >= 0.3 is 0 Å². The van der Waals surface area contributed by atoms with Crippen molar-refractivity contribution < 1.29 is 5.11 Å². The van der Waals surface area contributed by atoms with E-state index in [2.05, 4.69) is 21.2 Å². The molecule has 0 unspecified atom stereocenters. The number of hydrogen-bond donors (Lipinski definition) is 1. The number of anilines is 1. The summed E-state index contributed by atoms with van der Waals surface area (Å²) in [5.74, 6) is 0.905. The molecule has 0 bridgehead atoms. The largest absolute Gasteiger partial charge is 0.388 e. The van der Waals surface area contributed by atoms with Gasteiger partial charge in [-0.15, -0.1) is 5.10 Å². The Bertz CT molecular complexity index is 746. The molecule has 0 aliphatic carbocycles. The number of aryl methyl sites for hydroxylation is 1. The van der Waals surface area contributed by atoms with Crippen molar-refractivity contribution in [1.29, 1.82) is 5.26 Å². The van der Waals surface area contributed by atoms with Crippen molar-refractivity contribution >= 4 is 5.82 Å². The molecule has 3 rings (SSSR count). The predicted molar refractivity (Wildman–Crippen MR) is 92.6 cm³/mol. The molecule has 124 valence electrons. The number of aromatic nitrogens is 2. The number of hydrogen-bond acceptors (Lipinski definition) is 5. The van der Waals surface area contributed by atoms with Crippen molar-refractivity contribution in [1.82, 2.24) is 10.2 Å². The molecule has 2 aromatic rings. The van der Waals surface area contributed by atoms with Crippen molar-refractivity contribution in [2.45, 2.75) is 32.8 Å². The Balaban J connectivity index is 1.72. The van der Waals surface area contributed by atoms with Crippen molar-refractivity contribution in [3.8, 4) is 6.07 Å². The van der Waals surface area contributed by atoms with Crippen LogP contribution in [-0.4, -0.2) is 28.4 Å². The van der Waals surface area contributed by atoms with Gasteiger partial charge in [0.2, 0.25) is 0 Å². The fraction of sp³-hybridized carbons (Fsp3) is 0.421. The molecule has 0 saturated carbocycles. The van der Waals surface area contributed by atoms with Crippen molar-refractivity contribution in [3.63, 3.8) is 0 Å². The van der Waals surface area contributed by atoms with Gasteiger partial charge in [0, 0.05) is 13.1 Å². The van der Waals surface area contributed by atoms with E-state index in [1.165, 1.54) is 0 Å². The summed E-state index contributed by atoms with van der Waals surface area (Å²) in [5.41, 5.74) is 3.28. The van der Waals surface area contributed by atoms with Gasteiger partial charge in [0.15, 0.2) is 5.82 Å². The first-order valence-electron chi connectivity index (χ1n) is 8.33. The molecule has 24 heavy (non-hydrogen) atoms. The lowest BCUT2D eigenvalue weighted by Crippen LogP contribution is -2.37. The van der Waals surface area contributed by atoms with E-state index in [1.807, 2.05) is 44.2 Å². The average Bonchev–Trinajstić information content (AvgIpc) is 2.64. The SMILES string of the molecule is Cc1nnc(N2CCC([C@H](O)c3ccccc3)CC2)c(C#N)c1C. The number of nitriles is 1. The Kier molecular flexibility index (Phi) is 4.77. The van der Waals surface area contributed by atoms with Crippen LogP contribution in [0.4, 0.5) is 5.82 Å². The van der Waals surface area contributed by atoms with Crippen LogP contribution >= 0.6 is 0 Å². The Morgan fingerprint density at radius 1 is 1.17 bits per heavy atom. The third kappa shape index (κ3) is 3.10. The van der Waals surface area contributed by atoms with Crippen molar-refractivity contribution in [3.05, 3.63) is 52.7 Å². The number of aliphatic hydroxyl groups is 1. The fourth-order valence-electron chi connectivity index (χ4n) is 3.30. The molecule has 0 spiro atoms. The molecule has 2 heterocycles. The highest BCUT2D eigenvalue weighted by molar-refractivity contribution is 5.57. The van der Waals surface area contributed by atoms with Crippen LogP contribution < -0.4 is 4.90 Å². The molecular weight excluding hydrogens is 300 g/mol. The summed E-state index contributed by atoms with van der Waals surface area (Å²) in [6, 6.07) is 12.1. The van der Waals surface area contributed by atoms with Crippen LogP contribution in [0, 0.1) is 31.1 Å². The van der Waals surface area contributed by atoms with E-state index in [0.717, 1.165) is 42.8 Å². The third-order valence-electron chi connectivity index (χ3n) is 4.97. The summed E-state index contributed by atoms with van der Waals surface area (Å²) in [4.78, 5) is 2.12. The Labute approximate surface area is 142 Å². The summed E-state index contributed by atoms with van der Waals surface area (Å²) in [6.07, 6.45) is 1.31. The molecular formula is C19H22N4O. The van der Waals surface area contributed by atoms with Crippen LogP contribution in [0.2, 0.25) is 0 Å². The average molecular weight is 322 g/mol. The maximum Gasteiger partial charge on any atom is 0.169 e. The molecule has 1 aromatic heterocycles. The van der Waals surface area contributed by atoms with E-state index >= 15 is 0 Å². The topological polar surface area (TPSA) is 73.0 Å². The lowest BCUT2D eigenvalue weighted by Gasteiger charge is -2.35. The Hall–Kier alpha value is -2.45. The molecule has 1 aliphatic rings. The van der Waals surface area contributed by atoms with E-state index in [4.69, 9.17) is 0 Å². The number of piperidine rings is 1. The maximum atomic E-state index is 10.6. The van der Waals surface area contributed by atoms with Crippen molar-refractivity contribution in [2.75, 3.05) is 18.0 Å². The molecule has 1 atom stereocenters. The van der Waals surface area contributed by atoms with Gasteiger partial charge in [-0.1, -0.05) is 30.3 Å². The lowest BCUT2D eigenvalue weighted by molar-refractivity contribution is 0.0928. The monoisotopic (exact) mass is 322 g/mol. The Morgan fingerprint density at radius 3 is 2.46 bits per heavy atom. The highest BCUT2D eigenvalue weighted by Gasteiger charge is 2.28. The second kappa shape index (κ2) is 6.98. The molecule has 0 radical (unpaired) electrons. The molecule has 1 saturated heterocycles. The summed E-state index contributed by atoms with van der Waals surface area (Å²) in [5, 5.41) is 28.5. The number of benzene rings is 1. The molecule has 1 fully saturated rings. The van der Waals surface area contributed by atoms with Crippen LogP contribution in [0.15, 0.2) is 30.3 Å². The second-order valence-electron chi connectivity index (χ2n) is 6.40. The first-order chi connectivity index (χ1) is 11.6. The minimum Gasteiger partial charge on any atom is -0.388 e. The summed E-state index contributed by atoms with van der Waals surface area (Å²) < 4.78 is 0. The zero-order chi connectivity index (χ0) is 17.1. The minimum absolute atomic E-state index is 0.230. The summed E-state index contributed by atoms with van der Waals surface area (Å²) >= 11 is 0. The standard InChI is InChI=1S/C19H22N4O/c1-13-14(2)21-22-19(17(13)12-20)23-10-8-16(9-11-23)18(24)15-6-4-3-5-7-15/h3-7,16,18,24H,8-11H2,1-2H3/t18-/m1/s1. The third-order valence-corrected chi connectivity index (χ3v) is 4.97. The van der Waals surface area contributed by atoms with Gasteiger partial charge in [-0.05, 0) is 43.7 Å². The molecule has 0 amide bonds. The van der Waals surface area contributed by atoms with Gasteiger partial charge in [-0.2, -0.15) is 10.4 Å². The first-order valence-corrected chi connectivity index (χ1v) is 8.33. The van der Waals surface area contributed by atoms with Crippen LogP contribution in [0.25, 0.3) is 0 Å². The zero-order valence-corrected chi connectivity index (χ0v) is 14.1. The van der Waals surface area contributed by atoms with E-state index in [9.17, 15) is 10.4 Å². The number of aliphatic hydroxyl groups excluding tert-OH is 1. The zero-order valence-electron chi connectivity index (χ0n) is 14.1. The van der Waals surface area contributed by atoms with Crippen LogP contribution in [0.5, 0.6) is 0 Å². The minimum atomic E-state index is -0.436. The molecule has 1 aromatic carbocycles. The molecule has 5 nitrogen and oxygen atoms in total. The van der Waals surface area contributed by atoms with Gasteiger partial charge in [-0.3, -0.25) is 0 Å². The van der Waals surface area contributed by atoms with Crippen LogP contribution in [0.3, 0.4) is 0 Å². The normalized spacial score (nSPS) is 16.7. The highest BCUT2D eigenvalue weighted by Crippen LogP contribution is 2.33. The maximum absolute atomic E-state index is 10.6. The number of nitrogens with zero attached hydrogens (tertiary/aromatic N) is 4. The quantitative estimate of drug-likeness (QED) is 0.940.